The second kappa shape index (κ2) is 11.7. The van der Waals surface area contributed by atoms with Gasteiger partial charge in [-0.3, -0.25) is 9.59 Å². The molecule has 2 fully saturated rings. The van der Waals surface area contributed by atoms with E-state index in [9.17, 15) is 14.9 Å². The quantitative estimate of drug-likeness (QED) is 0.466. The van der Waals surface area contributed by atoms with Gasteiger partial charge in [0.1, 0.15) is 34.9 Å². The molecule has 1 aromatic carbocycles. The first kappa shape index (κ1) is 25.9. The van der Waals surface area contributed by atoms with Crippen LogP contribution in [0, 0.1) is 11.3 Å². The maximum absolute atomic E-state index is 12.9. The largest absolute Gasteiger partial charge is 0.489 e. The molecule has 0 aliphatic carbocycles. The highest BCUT2D eigenvalue weighted by Crippen LogP contribution is 2.31. The summed E-state index contributed by atoms with van der Waals surface area (Å²) in [4.78, 5) is 39.3. The molecule has 2 aromatic heterocycles. The normalized spacial score (nSPS) is 15.7. The van der Waals surface area contributed by atoms with E-state index in [1.807, 2.05) is 12.1 Å². The van der Waals surface area contributed by atoms with Crippen molar-refractivity contribution in [1.82, 2.24) is 25.2 Å². The minimum Gasteiger partial charge on any atom is -0.489 e. The van der Waals surface area contributed by atoms with Gasteiger partial charge in [0.05, 0.1) is 32.6 Å². The van der Waals surface area contributed by atoms with E-state index in [1.165, 1.54) is 12.0 Å². The molecule has 0 saturated carbocycles. The van der Waals surface area contributed by atoms with Gasteiger partial charge in [0, 0.05) is 37.7 Å². The Morgan fingerprint density at radius 2 is 2.05 bits per heavy atom. The van der Waals surface area contributed by atoms with E-state index in [-0.39, 0.29) is 41.9 Å². The first-order valence-electron chi connectivity index (χ1n) is 12.5. The van der Waals surface area contributed by atoms with Crippen LogP contribution in [0.15, 0.2) is 42.6 Å². The van der Waals surface area contributed by atoms with E-state index in [0.29, 0.717) is 54.7 Å². The molecule has 2 N–H and O–H groups in total. The van der Waals surface area contributed by atoms with Crippen LogP contribution in [0.4, 0.5) is 11.8 Å². The van der Waals surface area contributed by atoms with Crippen LogP contribution < -0.4 is 20.1 Å². The van der Waals surface area contributed by atoms with Crippen LogP contribution in [0.1, 0.15) is 28.8 Å². The zero-order chi connectivity index (χ0) is 27.2. The molecule has 0 unspecified atom stereocenters. The van der Waals surface area contributed by atoms with E-state index in [1.54, 1.807) is 30.5 Å². The van der Waals surface area contributed by atoms with Gasteiger partial charge in [0.15, 0.2) is 0 Å². The third kappa shape index (κ3) is 5.89. The summed E-state index contributed by atoms with van der Waals surface area (Å²) in [7, 11) is 1.42. The molecule has 5 rings (SSSR count). The maximum atomic E-state index is 12.9. The fourth-order valence-corrected chi connectivity index (χ4v) is 4.43. The molecule has 4 heterocycles. The highest BCUT2D eigenvalue weighted by atomic mass is 16.5. The number of ether oxygens (including phenoxy) is 3. The first-order chi connectivity index (χ1) is 19.1. The van der Waals surface area contributed by atoms with Crippen LogP contribution in [0.25, 0.3) is 11.3 Å². The van der Waals surface area contributed by atoms with Crippen molar-refractivity contribution in [3.8, 4) is 29.0 Å². The summed E-state index contributed by atoms with van der Waals surface area (Å²) in [5.41, 5.74) is 1.78. The molecule has 0 bridgehead atoms. The summed E-state index contributed by atoms with van der Waals surface area (Å²) in [6.45, 7) is 2.05. The van der Waals surface area contributed by atoms with E-state index >= 15 is 0 Å². The number of methoxy groups -OCH3 is 1. The van der Waals surface area contributed by atoms with E-state index in [0.717, 1.165) is 12.8 Å². The van der Waals surface area contributed by atoms with Crippen LogP contribution >= 0.6 is 0 Å². The number of nitrogens with one attached hydrogen (secondary N) is 2. The number of carbonyl (C=O) groups is 2. The molecule has 0 radical (unpaired) electrons. The topological polar surface area (TPSA) is 152 Å². The van der Waals surface area contributed by atoms with E-state index < -0.39 is 0 Å². The van der Waals surface area contributed by atoms with Crippen LogP contribution in [-0.2, 0) is 9.53 Å². The van der Waals surface area contributed by atoms with Gasteiger partial charge in [0.25, 0.3) is 5.91 Å². The van der Waals surface area contributed by atoms with Crippen molar-refractivity contribution in [2.75, 3.05) is 45.3 Å². The Morgan fingerprint density at radius 3 is 2.82 bits per heavy atom. The van der Waals surface area contributed by atoms with Crippen molar-refractivity contribution >= 4 is 23.6 Å². The second-order valence-electron chi connectivity index (χ2n) is 8.94. The lowest BCUT2D eigenvalue weighted by Gasteiger charge is -2.27. The highest BCUT2D eigenvalue weighted by molar-refractivity contribution is 5.99. The summed E-state index contributed by atoms with van der Waals surface area (Å²) in [6, 6.07) is 12.6. The molecule has 0 spiro atoms. The molecule has 2 aliphatic heterocycles. The lowest BCUT2D eigenvalue weighted by atomic mass is 10.0. The fraction of sp³-hybridized carbons (Fsp3) is 0.333. The lowest BCUT2D eigenvalue weighted by molar-refractivity contribution is -0.123. The highest BCUT2D eigenvalue weighted by Gasteiger charge is 2.26. The van der Waals surface area contributed by atoms with Gasteiger partial charge in [-0.25, -0.2) is 9.97 Å². The molecular weight excluding hydrogens is 502 g/mol. The summed E-state index contributed by atoms with van der Waals surface area (Å²) < 4.78 is 16.9. The monoisotopic (exact) mass is 529 g/mol. The Morgan fingerprint density at radius 1 is 1.21 bits per heavy atom. The smallest absolute Gasteiger partial charge is 0.259 e. The van der Waals surface area contributed by atoms with E-state index in [2.05, 4.69) is 31.7 Å². The minimum atomic E-state index is -0.342. The Bertz CT molecular complexity index is 1420. The minimum absolute atomic E-state index is 0.00768. The summed E-state index contributed by atoms with van der Waals surface area (Å²) in [5, 5.41) is 15.7. The standard InChI is InChI=1S/C27H27N7O5/c1-37-25-19(26(36)34-12-11-29-24(35)16-34)5-6-23(32-25)33-27-30-10-7-21(31-27)18-3-2-4-22(20(18)15-28)39-17-8-13-38-14-9-17/h2-7,10,17H,8-9,11-14,16H2,1H3,(H,29,35)(H,30,31,32,33). The molecule has 2 aliphatic rings. The Hall–Kier alpha value is -4.76. The summed E-state index contributed by atoms with van der Waals surface area (Å²) in [6.07, 6.45) is 3.11. The van der Waals surface area contributed by atoms with Gasteiger partial charge in [0.2, 0.25) is 17.7 Å². The Labute approximate surface area is 224 Å². The lowest BCUT2D eigenvalue weighted by Crippen LogP contribution is -2.50. The number of nitriles is 1. The molecule has 3 aromatic rings. The summed E-state index contributed by atoms with van der Waals surface area (Å²) in [5.74, 6) is 0.662. The Balaban J connectivity index is 1.36. The zero-order valence-corrected chi connectivity index (χ0v) is 21.3. The number of carbonyl (C=O) groups excluding carboxylic acids is 2. The zero-order valence-electron chi connectivity index (χ0n) is 21.3. The average Bonchev–Trinajstić information content (AvgIpc) is 2.97. The number of rotatable bonds is 7. The van der Waals surface area contributed by atoms with Crippen molar-refractivity contribution in [1.29, 1.82) is 5.26 Å². The van der Waals surface area contributed by atoms with Gasteiger partial charge in [-0.15, -0.1) is 0 Å². The number of pyridine rings is 1. The van der Waals surface area contributed by atoms with Crippen molar-refractivity contribution in [2.24, 2.45) is 0 Å². The Kier molecular flexibility index (Phi) is 7.79. The fourth-order valence-electron chi connectivity index (χ4n) is 4.43. The number of hydrogen-bond donors (Lipinski definition) is 2. The van der Waals surface area contributed by atoms with Crippen molar-refractivity contribution in [3.05, 3.63) is 53.7 Å². The average molecular weight is 530 g/mol. The van der Waals surface area contributed by atoms with Gasteiger partial charge >= 0.3 is 0 Å². The molecular formula is C27H27N7O5. The van der Waals surface area contributed by atoms with Gasteiger partial charge in [-0.2, -0.15) is 10.2 Å². The SMILES string of the molecule is COc1nc(Nc2nccc(-c3cccc(OC4CCOCC4)c3C#N)n2)ccc1C(=O)N1CCNC(=O)C1. The molecule has 2 amide bonds. The van der Waals surface area contributed by atoms with Crippen molar-refractivity contribution < 1.29 is 23.8 Å². The number of amides is 2. The predicted octanol–water partition coefficient (Wildman–Crippen LogP) is 2.29. The van der Waals surface area contributed by atoms with Crippen LogP contribution in [-0.4, -0.2) is 77.7 Å². The molecule has 39 heavy (non-hydrogen) atoms. The first-order valence-corrected chi connectivity index (χ1v) is 12.5. The molecule has 2 saturated heterocycles. The number of hydrogen-bond acceptors (Lipinski definition) is 10. The number of nitrogens with zero attached hydrogens (tertiary/aromatic N) is 5. The number of aromatic nitrogens is 3. The maximum Gasteiger partial charge on any atom is 0.259 e. The van der Waals surface area contributed by atoms with Crippen molar-refractivity contribution in [3.63, 3.8) is 0 Å². The molecule has 0 atom stereocenters. The van der Waals surface area contributed by atoms with Crippen molar-refractivity contribution in [2.45, 2.75) is 18.9 Å². The third-order valence-corrected chi connectivity index (χ3v) is 6.38. The number of anilines is 2. The summed E-state index contributed by atoms with van der Waals surface area (Å²) >= 11 is 0. The second-order valence-corrected chi connectivity index (χ2v) is 8.94. The van der Waals surface area contributed by atoms with Gasteiger partial charge in [-0.05, 0) is 24.3 Å². The van der Waals surface area contributed by atoms with Crippen LogP contribution in [0.5, 0.6) is 11.6 Å². The van der Waals surface area contributed by atoms with Crippen LogP contribution in [0.3, 0.4) is 0 Å². The van der Waals surface area contributed by atoms with E-state index in [4.69, 9.17) is 14.2 Å². The van der Waals surface area contributed by atoms with Gasteiger partial charge < -0.3 is 29.7 Å². The number of piperazine rings is 1. The molecule has 12 nitrogen and oxygen atoms in total. The molecule has 12 heteroatoms. The number of benzene rings is 1. The van der Waals surface area contributed by atoms with Crippen LogP contribution in [0.2, 0.25) is 0 Å². The predicted molar refractivity (Wildman–Crippen MR) is 140 cm³/mol. The third-order valence-electron chi connectivity index (χ3n) is 6.38. The van der Waals surface area contributed by atoms with Gasteiger partial charge in [-0.1, -0.05) is 12.1 Å². The molecule has 200 valence electrons.